The molecule has 0 unspecified atom stereocenters. The predicted molar refractivity (Wildman–Crippen MR) is 59.0 cm³/mol. The van der Waals surface area contributed by atoms with E-state index in [9.17, 15) is 0 Å². The van der Waals surface area contributed by atoms with Crippen molar-refractivity contribution < 1.29 is 4.74 Å². The van der Waals surface area contributed by atoms with Crippen LogP contribution in [0.25, 0.3) is 0 Å². The molecule has 76 valence electrons. The van der Waals surface area contributed by atoms with Crippen LogP contribution in [0.1, 0.15) is 19.4 Å². The molecule has 4 heteroatoms. The fraction of sp³-hybridized carbons (Fsp3) is 0.300. The van der Waals surface area contributed by atoms with Gasteiger partial charge in [0, 0.05) is 10.6 Å². The van der Waals surface area contributed by atoms with Gasteiger partial charge in [-0.3, -0.25) is 0 Å². The van der Waals surface area contributed by atoms with Gasteiger partial charge in [-0.2, -0.15) is 5.10 Å². The van der Waals surface area contributed by atoms with Crippen LogP contribution in [0.2, 0.25) is 5.02 Å². The van der Waals surface area contributed by atoms with Gasteiger partial charge in [-0.1, -0.05) is 11.6 Å². The van der Waals surface area contributed by atoms with Crippen LogP contribution in [0.5, 0.6) is 5.75 Å². The Morgan fingerprint density at radius 1 is 1.50 bits per heavy atom. The highest BCUT2D eigenvalue weighted by atomic mass is 35.5. The molecule has 0 heterocycles. The molecule has 1 aromatic rings. The van der Waals surface area contributed by atoms with Crippen molar-refractivity contribution in [1.29, 1.82) is 0 Å². The number of hydrogen-bond acceptors (Lipinski definition) is 3. The van der Waals surface area contributed by atoms with E-state index in [4.69, 9.17) is 22.2 Å². The van der Waals surface area contributed by atoms with E-state index >= 15 is 0 Å². The second-order valence-electron chi connectivity index (χ2n) is 3.13. The maximum Gasteiger partial charge on any atom is 0.128 e. The van der Waals surface area contributed by atoms with E-state index in [0.717, 1.165) is 11.3 Å². The van der Waals surface area contributed by atoms with Gasteiger partial charge in [-0.15, -0.1) is 0 Å². The third kappa shape index (κ3) is 2.92. The summed E-state index contributed by atoms with van der Waals surface area (Å²) in [4.78, 5) is 0. The lowest BCUT2D eigenvalue weighted by atomic mass is 10.2. The molecule has 0 amide bonds. The first-order valence-corrected chi connectivity index (χ1v) is 4.70. The smallest absolute Gasteiger partial charge is 0.128 e. The summed E-state index contributed by atoms with van der Waals surface area (Å²) in [5.74, 6) is 5.82. The Labute approximate surface area is 88.5 Å². The van der Waals surface area contributed by atoms with Gasteiger partial charge in [-0.25, -0.2) is 0 Å². The maximum atomic E-state index is 5.83. The summed E-state index contributed by atoms with van der Waals surface area (Å²) in [7, 11) is 0. The third-order valence-corrected chi connectivity index (χ3v) is 1.78. The van der Waals surface area contributed by atoms with Gasteiger partial charge in [0.05, 0.1) is 12.3 Å². The molecule has 14 heavy (non-hydrogen) atoms. The summed E-state index contributed by atoms with van der Waals surface area (Å²) < 4.78 is 5.55. The van der Waals surface area contributed by atoms with Gasteiger partial charge in [0.25, 0.3) is 0 Å². The molecular weight excluding hydrogens is 200 g/mol. The zero-order chi connectivity index (χ0) is 10.6. The van der Waals surface area contributed by atoms with Crippen LogP contribution in [0.15, 0.2) is 23.3 Å². The summed E-state index contributed by atoms with van der Waals surface area (Å²) in [6.45, 7) is 3.91. The van der Waals surface area contributed by atoms with Crippen LogP contribution in [-0.4, -0.2) is 12.3 Å². The van der Waals surface area contributed by atoms with Gasteiger partial charge < -0.3 is 10.6 Å². The Morgan fingerprint density at radius 2 is 2.21 bits per heavy atom. The summed E-state index contributed by atoms with van der Waals surface area (Å²) in [6, 6.07) is 5.34. The molecule has 0 aliphatic heterocycles. The Bertz CT molecular complexity index is 337. The highest BCUT2D eigenvalue weighted by Gasteiger charge is 2.04. The lowest BCUT2D eigenvalue weighted by Gasteiger charge is -2.11. The van der Waals surface area contributed by atoms with Crippen molar-refractivity contribution in [2.75, 3.05) is 0 Å². The van der Waals surface area contributed by atoms with Crippen molar-refractivity contribution in [3.63, 3.8) is 0 Å². The summed E-state index contributed by atoms with van der Waals surface area (Å²) >= 11 is 5.83. The van der Waals surface area contributed by atoms with Gasteiger partial charge in [-0.05, 0) is 32.0 Å². The first kappa shape index (κ1) is 10.9. The lowest BCUT2D eigenvalue weighted by molar-refractivity contribution is 0.242. The van der Waals surface area contributed by atoms with Crippen LogP contribution >= 0.6 is 11.6 Å². The first-order valence-electron chi connectivity index (χ1n) is 4.33. The standard InChI is InChI=1S/C10H13ClN2O/c1-7(2)14-10-4-3-9(11)5-8(10)6-13-12/h3-7H,12H2,1-2H3. The average Bonchev–Trinajstić information content (AvgIpc) is 2.09. The van der Waals surface area contributed by atoms with Gasteiger partial charge in [0.2, 0.25) is 0 Å². The number of ether oxygens (including phenoxy) is 1. The van der Waals surface area contributed by atoms with E-state index in [-0.39, 0.29) is 6.10 Å². The van der Waals surface area contributed by atoms with E-state index in [1.165, 1.54) is 6.21 Å². The van der Waals surface area contributed by atoms with Gasteiger partial charge >= 0.3 is 0 Å². The average molecular weight is 213 g/mol. The largest absolute Gasteiger partial charge is 0.490 e. The minimum Gasteiger partial charge on any atom is -0.490 e. The molecule has 1 rings (SSSR count). The summed E-state index contributed by atoms with van der Waals surface area (Å²) in [5, 5.41) is 4.09. The minimum atomic E-state index is 0.112. The molecule has 0 saturated carbocycles. The van der Waals surface area contributed by atoms with Crippen molar-refractivity contribution in [2.45, 2.75) is 20.0 Å². The van der Waals surface area contributed by atoms with Crippen molar-refractivity contribution in [2.24, 2.45) is 10.9 Å². The van der Waals surface area contributed by atoms with Crippen LogP contribution in [0.4, 0.5) is 0 Å². The SMILES string of the molecule is CC(C)Oc1ccc(Cl)cc1C=NN. The molecule has 0 fully saturated rings. The minimum absolute atomic E-state index is 0.112. The van der Waals surface area contributed by atoms with Crippen LogP contribution in [-0.2, 0) is 0 Å². The van der Waals surface area contributed by atoms with Crippen molar-refractivity contribution in [3.8, 4) is 5.75 Å². The summed E-state index contributed by atoms with van der Waals surface area (Å²) in [6.07, 6.45) is 1.63. The number of hydrogen-bond donors (Lipinski definition) is 1. The Morgan fingerprint density at radius 3 is 2.79 bits per heavy atom. The Hall–Kier alpha value is -1.22. The predicted octanol–water partition coefficient (Wildman–Crippen LogP) is 2.42. The fourth-order valence-corrected chi connectivity index (χ4v) is 1.24. The molecule has 0 radical (unpaired) electrons. The quantitative estimate of drug-likeness (QED) is 0.475. The molecule has 3 nitrogen and oxygen atoms in total. The highest BCUT2D eigenvalue weighted by Crippen LogP contribution is 2.22. The molecule has 0 spiro atoms. The maximum absolute atomic E-state index is 5.83. The molecule has 0 aliphatic rings. The van der Waals surface area contributed by atoms with Crippen LogP contribution < -0.4 is 10.6 Å². The van der Waals surface area contributed by atoms with Crippen molar-refractivity contribution >= 4 is 17.8 Å². The third-order valence-electron chi connectivity index (χ3n) is 1.55. The number of hydrazone groups is 1. The second kappa shape index (κ2) is 4.86. The van der Waals surface area contributed by atoms with E-state index in [1.54, 1.807) is 18.2 Å². The zero-order valence-electron chi connectivity index (χ0n) is 8.20. The van der Waals surface area contributed by atoms with Gasteiger partial charge in [0.1, 0.15) is 5.75 Å². The van der Waals surface area contributed by atoms with E-state index in [0.29, 0.717) is 5.02 Å². The number of nitrogens with two attached hydrogens (primary N) is 1. The van der Waals surface area contributed by atoms with E-state index < -0.39 is 0 Å². The van der Waals surface area contributed by atoms with Crippen molar-refractivity contribution in [1.82, 2.24) is 0 Å². The topological polar surface area (TPSA) is 47.6 Å². The number of benzene rings is 1. The Balaban J connectivity index is 3.01. The molecule has 0 aromatic heterocycles. The van der Waals surface area contributed by atoms with E-state index in [1.807, 2.05) is 13.8 Å². The van der Waals surface area contributed by atoms with Crippen LogP contribution in [0, 0.1) is 0 Å². The summed E-state index contributed by atoms with van der Waals surface area (Å²) in [5.41, 5.74) is 0.786. The highest BCUT2D eigenvalue weighted by molar-refractivity contribution is 6.30. The molecule has 0 aliphatic carbocycles. The van der Waals surface area contributed by atoms with Gasteiger partial charge in [0.15, 0.2) is 0 Å². The van der Waals surface area contributed by atoms with Crippen LogP contribution in [0.3, 0.4) is 0 Å². The molecule has 0 atom stereocenters. The zero-order valence-corrected chi connectivity index (χ0v) is 8.95. The monoisotopic (exact) mass is 212 g/mol. The normalized spacial score (nSPS) is 11.1. The lowest BCUT2D eigenvalue weighted by Crippen LogP contribution is -2.07. The number of halogens is 1. The second-order valence-corrected chi connectivity index (χ2v) is 3.56. The van der Waals surface area contributed by atoms with E-state index in [2.05, 4.69) is 5.10 Å². The molecular formula is C10H13ClN2O. The fourth-order valence-electron chi connectivity index (χ4n) is 1.06. The Kier molecular flexibility index (Phi) is 3.77. The number of nitrogens with zero attached hydrogens (tertiary/aromatic N) is 1. The van der Waals surface area contributed by atoms with Crippen molar-refractivity contribution in [3.05, 3.63) is 28.8 Å². The molecule has 0 saturated heterocycles. The molecule has 2 N–H and O–H groups in total. The molecule has 0 bridgehead atoms. The first-order chi connectivity index (χ1) is 6.63. The number of rotatable bonds is 3. The molecule has 1 aromatic carbocycles.